The van der Waals surface area contributed by atoms with E-state index in [1.54, 1.807) is 7.11 Å². The Hall–Kier alpha value is -1.81. The van der Waals surface area contributed by atoms with Gasteiger partial charge in [-0.3, -0.25) is 0 Å². The highest BCUT2D eigenvalue weighted by molar-refractivity contribution is 5.63. The molecule has 0 spiro atoms. The zero-order chi connectivity index (χ0) is 11.7. The summed E-state index contributed by atoms with van der Waals surface area (Å²) in [6, 6.07) is 7.85. The van der Waals surface area contributed by atoms with Gasteiger partial charge in [0, 0.05) is 30.6 Å². The molecule has 3 rings (SSSR count). The van der Waals surface area contributed by atoms with Gasteiger partial charge >= 0.3 is 0 Å². The second-order valence-electron chi connectivity index (χ2n) is 4.09. The Labute approximate surface area is 99.6 Å². The molecule has 4 heteroatoms. The smallest absolute Gasteiger partial charge is 0.171 e. The second kappa shape index (κ2) is 4.22. The quantitative estimate of drug-likeness (QED) is 0.857. The molecule has 0 fully saturated rings. The molecule has 0 amide bonds. The molecule has 0 aliphatic carbocycles. The Kier molecular flexibility index (Phi) is 2.57. The fourth-order valence-electron chi connectivity index (χ4n) is 2.11. The van der Waals surface area contributed by atoms with Gasteiger partial charge in [0.05, 0.1) is 12.8 Å². The number of hydrogen-bond donors (Lipinski definition) is 1. The van der Waals surface area contributed by atoms with Crippen LogP contribution in [0, 0.1) is 0 Å². The molecular weight excluding hydrogens is 216 g/mol. The van der Waals surface area contributed by atoms with Gasteiger partial charge in [-0.05, 0) is 24.3 Å². The van der Waals surface area contributed by atoms with Gasteiger partial charge in [0.15, 0.2) is 5.76 Å². The van der Waals surface area contributed by atoms with Gasteiger partial charge in [-0.1, -0.05) is 5.16 Å². The number of fused-ring (bicyclic) bond motifs is 1. The molecule has 0 atom stereocenters. The molecular formula is C13H14N2O2. The van der Waals surface area contributed by atoms with Gasteiger partial charge in [0.1, 0.15) is 5.75 Å². The van der Waals surface area contributed by atoms with Gasteiger partial charge in [-0.2, -0.15) is 0 Å². The minimum absolute atomic E-state index is 0.834. The normalized spacial score (nSPS) is 14.4. The maximum atomic E-state index is 5.45. The van der Waals surface area contributed by atoms with Crippen molar-refractivity contribution in [3.8, 4) is 17.1 Å². The van der Waals surface area contributed by atoms with E-state index in [1.807, 2.05) is 24.3 Å². The summed E-state index contributed by atoms with van der Waals surface area (Å²) in [6.45, 7) is 1.81. The highest BCUT2D eigenvalue weighted by atomic mass is 16.5. The van der Waals surface area contributed by atoms with Crippen molar-refractivity contribution >= 4 is 0 Å². The molecule has 1 aromatic heterocycles. The average molecular weight is 230 g/mol. The molecule has 1 N–H and O–H groups in total. The molecule has 88 valence electrons. The van der Waals surface area contributed by atoms with Gasteiger partial charge in [0.25, 0.3) is 0 Å². The van der Waals surface area contributed by atoms with Crippen LogP contribution in [-0.4, -0.2) is 18.8 Å². The fourth-order valence-corrected chi connectivity index (χ4v) is 2.11. The first kappa shape index (κ1) is 10.4. The highest BCUT2D eigenvalue weighted by Gasteiger charge is 2.19. The van der Waals surface area contributed by atoms with E-state index in [4.69, 9.17) is 9.26 Å². The molecule has 4 nitrogen and oxygen atoms in total. The van der Waals surface area contributed by atoms with Crippen molar-refractivity contribution in [3.05, 3.63) is 35.5 Å². The van der Waals surface area contributed by atoms with E-state index in [9.17, 15) is 0 Å². The van der Waals surface area contributed by atoms with E-state index in [2.05, 4.69) is 10.5 Å². The summed E-state index contributed by atoms with van der Waals surface area (Å²) in [4.78, 5) is 0. The Bertz CT molecular complexity index is 517. The molecule has 1 aromatic carbocycles. The van der Waals surface area contributed by atoms with Crippen LogP contribution in [0.4, 0.5) is 0 Å². The zero-order valence-corrected chi connectivity index (χ0v) is 9.69. The first-order valence-corrected chi connectivity index (χ1v) is 5.71. The lowest BCUT2D eigenvalue weighted by Gasteiger charge is -2.11. The summed E-state index contributed by atoms with van der Waals surface area (Å²) in [6.07, 6.45) is 0.939. The zero-order valence-electron chi connectivity index (χ0n) is 9.69. The Balaban J connectivity index is 2.00. The van der Waals surface area contributed by atoms with Crippen molar-refractivity contribution in [2.45, 2.75) is 13.0 Å². The monoisotopic (exact) mass is 230 g/mol. The average Bonchev–Trinajstić information content (AvgIpc) is 2.83. The molecule has 1 aliphatic rings. The van der Waals surface area contributed by atoms with Crippen LogP contribution in [0.15, 0.2) is 28.8 Å². The number of ether oxygens (including phenoxy) is 1. The van der Waals surface area contributed by atoms with Crippen LogP contribution in [0.1, 0.15) is 11.3 Å². The van der Waals surface area contributed by atoms with Gasteiger partial charge < -0.3 is 14.6 Å². The highest BCUT2D eigenvalue weighted by Crippen LogP contribution is 2.29. The second-order valence-corrected chi connectivity index (χ2v) is 4.09. The molecule has 0 bridgehead atoms. The molecule has 17 heavy (non-hydrogen) atoms. The lowest BCUT2D eigenvalue weighted by Crippen LogP contribution is -2.23. The van der Waals surface area contributed by atoms with Crippen LogP contribution in [-0.2, 0) is 13.0 Å². The number of nitrogens with zero attached hydrogens (tertiary/aromatic N) is 1. The number of aromatic nitrogens is 1. The van der Waals surface area contributed by atoms with Gasteiger partial charge in [-0.15, -0.1) is 0 Å². The van der Waals surface area contributed by atoms with E-state index in [0.29, 0.717) is 0 Å². The van der Waals surface area contributed by atoms with E-state index in [1.165, 1.54) is 5.56 Å². The molecule has 0 saturated carbocycles. The number of hydrogen-bond acceptors (Lipinski definition) is 4. The number of nitrogens with one attached hydrogen (secondary N) is 1. The predicted molar refractivity (Wildman–Crippen MR) is 63.9 cm³/mol. The minimum atomic E-state index is 0.834. The maximum Gasteiger partial charge on any atom is 0.171 e. The van der Waals surface area contributed by atoms with E-state index >= 15 is 0 Å². The van der Waals surface area contributed by atoms with Gasteiger partial charge in [0.2, 0.25) is 0 Å². The first-order valence-electron chi connectivity index (χ1n) is 5.71. The van der Waals surface area contributed by atoms with Gasteiger partial charge in [-0.25, -0.2) is 0 Å². The van der Waals surface area contributed by atoms with Crippen LogP contribution in [0.2, 0.25) is 0 Å². The van der Waals surface area contributed by atoms with Crippen molar-refractivity contribution in [1.82, 2.24) is 10.5 Å². The summed E-state index contributed by atoms with van der Waals surface area (Å²) in [7, 11) is 1.66. The Morgan fingerprint density at radius 1 is 1.29 bits per heavy atom. The Morgan fingerprint density at radius 2 is 2.12 bits per heavy atom. The standard InChI is InChI=1S/C13H14N2O2/c1-16-10-4-2-9(3-5-10)13-11-8-14-7-6-12(11)15-17-13/h2-5,14H,6-8H2,1H3. The van der Waals surface area contributed by atoms with E-state index in [-0.39, 0.29) is 0 Å². The van der Waals surface area contributed by atoms with Crippen LogP contribution in [0.3, 0.4) is 0 Å². The summed E-state index contributed by atoms with van der Waals surface area (Å²) in [5, 5.41) is 7.46. The largest absolute Gasteiger partial charge is 0.497 e. The third kappa shape index (κ3) is 1.80. The Morgan fingerprint density at radius 3 is 2.88 bits per heavy atom. The number of benzene rings is 1. The van der Waals surface area contributed by atoms with Crippen LogP contribution >= 0.6 is 0 Å². The number of rotatable bonds is 2. The third-order valence-corrected chi connectivity index (χ3v) is 3.06. The van der Waals surface area contributed by atoms with Crippen LogP contribution in [0.5, 0.6) is 5.75 Å². The molecule has 0 unspecified atom stereocenters. The maximum absolute atomic E-state index is 5.45. The van der Waals surface area contributed by atoms with E-state index in [0.717, 1.165) is 42.3 Å². The van der Waals surface area contributed by atoms with Crippen molar-refractivity contribution in [2.24, 2.45) is 0 Å². The molecule has 0 radical (unpaired) electrons. The molecule has 0 saturated heterocycles. The lowest BCUT2D eigenvalue weighted by molar-refractivity contribution is 0.414. The van der Waals surface area contributed by atoms with E-state index < -0.39 is 0 Å². The minimum Gasteiger partial charge on any atom is -0.497 e. The summed E-state index contributed by atoms with van der Waals surface area (Å²) < 4.78 is 10.6. The predicted octanol–water partition coefficient (Wildman–Crippen LogP) is 2.00. The summed E-state index contributed by atoms with van der Waals surface area (Å²) >= 11 is 0. The van der Waals surface area contributed by atoms with Crippen molar-refractivity contribution in [3.63, 3.8) is 0 Å². The summed E-state index contributed by atoms with van der Waals surface area (Å²) in [5.74, 6) is 1.72. The number of methoxy groups -OCH3 is 1. The van der Waals surface area contributed by atoms with Crippen molar-refractivity contribution < 1.29 is 9.26 Å². The van der Waals surface area contributed by atoms with Crippen LogP contribution < -0.4 is 10.1 Å². The fraction of sp³-hybridized carbons (Fsp3) is 0.308. The summed E-state index contributed by atoms with van der Waals surface area (Å²) in [5.41, 5.74) is 3.30. The lowest BCUT2D eigenvalue weighted by atomic mass is 10.0. The SMILES string of the molecule is COc1ccc(-c2onc3c2CNCC3)cc1. The molecule has 2 aromatic rings. The molecule has 1 aliphatic heterocycles. The van der Waals surface area contributed by atoms with Crippen molar-refractivity contribution in [1.29, 1.82) is 0 Å². The topological polar surface area (TPSA) is 47.3 Å². The molecule has 2 heterocycles. The van der Waals surface area contributed by atoms with Crippen molar-refractivity contribution in [2.75, 3.05) is 13.7 Å². The van der Waals surface area contributed by atoms with Crippen LogP contribution in [0.25, 0.3) is 11.3 Å². The first-order chi connectivity index (χ1) is 8.38. The third-order valence-electron chi connectivity index (χ3n) is 3.06.